The van der Waals surface area contributed by atoms with Gasteiger partial charge >= 0.3 is 0 Å². The summed E-state index contributed by atoms with van der Waals surface area (Å²) < 4.78 is 0. The summed E-state index contributed by atoms with van der Waals surface area (Å²) in [4.78, 5) is 40.4. The van der Waals surface area contributed by atoms with Gasteiger partial charge < -0.3 is 5.32 Å². The van der Waals surface area contributed by atoms with Crippen molar-refractivity contribution < 1.29 is 19.6 Å². The Hall–Kier alpha value is -2.28. The number of hydrogen-bond donors (Lipinski definition) is 2. The molecule has 0 spiro atoms. The Morgan fingerprint density at radius 3 is 2.62 bits per heavy atom. The van der Waals surface area contributed by atoms with Gasteiger partial charge in [-0.05, 0) is 30.9 Å². The lowest BCUT2D eigenvalue weighted by Gasteiger charge is -2.27. The summed E-state index contributed by atoms with van der Waals surface area (Å²) in [6, 6.07) is 2.81. The number of unbranched alkanes of at least 4 members (excludes halogenated alkanes) is 1. The van der Waals surface area contributed by atoms with Crippen LogP contribution in [-0.4, -0.2) is 45.9 Å². The van der Waals surface area contributed by atoms with Gasteiger partial charge in [0.2, 0.25) is 6.41 Å². The van der Waals surface area contributed by atoms with E-state index in [9.17, 15) is 19.6 Å². The lowest BCUT2D eigenvalue weighted by molar-refractivity contribution is -0.154. The number of pyridine rings is 1. The van der Waals surface area contributed by atoms with Crippen LogP contribution in [0.15, 0.2) is 18.3 Å². The second kappa shape index (κ2) is 10.7. The van der Waals surface area contributed by atoms with E-state index >= 15 is 0 Å². The Labute approximate surface area is 154 Å². The summed E-state index contributed by atoms with van der Waals surface area (Å²) in [5.41, 5.74) is 1.01. The molecule has 0 aliphatic rings. The predicted molar refractivity (Wildman–Crippen MR) is 97.6 cm³/mol. The van der Waals surface area contributed by atoms with Crippen LogP contribution in [0.5, 0.6) is 0 Å². The van der Waals surface area contributed by atoms with Crippen molar-refractivity contribution >= 4 is 18.1 Å². The number of carbonyl (C=O) groups excluding carboxylic acids is 3. The van der Waals surface area contributed by atoms with E-state index < -0.39 is 17.9 Å². The first kappa shape index (κ1) is 21.8. The number of amides is 2. The average molecular weight is 363 g/mol. The fourth-order valence-electron chi connectivity index (χ4n) is 2.80. The standard InChI is InChI=1S/C19H29N3O4/c1-5-6-9-15(11-22(26)12-23)18(24)16(13(2)3)21-19(25)17-14(4)8-7-10-20-17/h7-8,10,12-13,15-16,26H,5-6,9,11H2,1-4H3,(H,21,25)/t15-,16+/m1/s1. The molecule has 0 fully saturated rings. The Bertz CT molecular complexity index is 619. The van der Waals surface area contributed by atoms with Crippen molar-refractivity contribution in [1.29, 1.82) is 0 Å². The fraction of sp³-hybridized carbons (Fsp3) is 0.579. The summed E-state index contributed by atoms with van der Waals surface area (Å²) in [7, 11) is 0. The van der Waals surface area contributed by atoms with Crippen molar-refractivity contribution in [1.82, 2.24) is 15.4 Å². The van der Waals surface area contributed by atoms with Crippen LogP contribution in [-0.2, 0) is 9.59 Å². The Balaban J connectivity index is 2.97. The van der Waals surface area contributed by atoms with Crippen LogP contribution in [0.25, 0.3) is 0 Å². The van der Waals surface area contributed by atoms with Crippen LogP contribution in [0.4, 0.5) is 0 Å². The molecule has 1 aromatic heterocycles. The number of nitrogens with one attached hydrogen (secondary N) is 1. The average Bonchev–Trinajstić information content (AvgIpc) is 2.62. The van der Waals surface area contributed by atoms with Gasteiger partial charge in [-0.15, -0.1) is 0 Å². The molecule has 7 nitrogen and oxygen atoms in total. The maximum atomic E-state index is 13.0. The molecule has 0 saturated heterocycles. The number of carbonyl (C=O) groups is 3. The van der Waals surface area contributed by atoms with E-state index in [4.69, 9.17) is 0 Å². The number of aryl methyl sites for hydroxylation is 1. The molecule has 2 atom stereocenters. The van der Waals surface area contributed by atoms with Crippen LogP contribution in [0.3, 0.4) is 0 Å². The van der Waals surface area contributed by atoms with Gasteiger partial charge in [-0.3, -0.25) is 24.6 Å². The van der Waals surface area contributed by atoms with Gasteiger partial charge in [0.1, 0.15) is 5.69 Å². The zero-order chi connectivity index (χ0) is 19.7. The Morgan fingerprint density at radius 1 is 1.38 bits per heavy atom. The van der Waals surface area contributed by atoms with E-state index in [2.05, 4.69) is 10.3 Å². The molecular formula is C19H29N3O4. The SMILES string of the molecule is CCCC[C@H](CN(O)C=O)C(=O)[C@@H](NC(=O)c1ncccc1C)C(C)C. The highest BCUT2D eigenvalue weighted by Gasteiger charge is 2.31. The molecule has 0 radical (unpaired) electrons. The van der Waals surface area contributed by atoms with Crippen LogP contribution in [0.1, 0.15) is 56.1 Å². The summed E-state index contributed by atoms with van der Waals surface area (Å²) >= 11 is 0. The maximum absolute atomic E-state index is 13.0. The Morgan fingerprint density at radius 2 is 2.08 bits per heavy atom. The molecule has 0 aliphatic heterocycles. The smallest absolute Gasteiger partial charge is 0.270 e. The van der Waals surface area contributed by atoms with Crippen LogP contribution in [0.2, 0.25) is 0 Å². The molecule has 2 amide bonds. The summed E-state index contributed by atoms with van der Waals surface area (Å²) in [5, 5.41) is 12.8. The fourth-order valence-corrected chi connectivity index (χ4v) is 2.80. The lowest BCUT2D eigenvalue weighted by Crippen LogP contribution is -2.49. The predicted octanol–water partition coefficient (Wildman–Crippen LogP) is 2.37. The van der Waals surface area contributed by atoms with Gasteiger partial charge in [0.15, 0.2) is 5.78 Å². The molecule has 144 valence electrons. The minimum absolute atomic E-state index is 0.0793. The first-order valence-electron chi connectivity index (χ1n) is 8.98. The van der Waals surface area contributed by atoms with Gasteiger partial charge in [-0.2, -0.15) is 0 Å². The third-order valence-electron chi connectivity index (χ3n) is 4.32. The van der Waals surface area contributed by atoms with Crippen molar-refractivity contribution in [3.8, 4) is 0 Å². The first-order chi connectivity index (χ1) is 12.3. The van der Waals surface area contributed by atoms with Crippen LogP contribution < -0.4 is 5.32 Å². The van der Waals surface area contributed by atoms with E-state index in [1.807, 2.05) is 20.8 Å². The molecule has 2 N–H and O–H groups in total. The second-order valence-corrected chi connectivity index (χ2v) is 6.83. The minimum Gasteiger partial charge on any atom is -0.341 e. The zero-order valence-electron chi connectivity index (χ0n) is 15.9. The van der Waals surface area contributed by atoms with Crippen molar-refractivity contribution in [2.24, 2.45) is 11.8 Å². The molecule has 0 aromatic carbocycles. The van der Waals surface area contributed by atoms with Gasteiger partial charge in [0, 0.05) is 12.1 Å². The molecule has 1 heterocycles. The zero-order valence-corrected chi connectivity index (χ0v) is 15.9. The van der Waals surface area contributed by atoms with Crippen molar-refractivity contribution in [3.63, 3.8) is 0 Å². The molecule has 0 bridgehead atoms. The number of hydroxylamine groups is 2. The van der Waals surface area contributed by atoms with Gasteiger partial charge in [0.05, 0.1) is 12.6 Å². The minimum atomic E-state index is -0.717. The van der Waals surface area contributed by atoms with Crippen LogP contribution in [0, 0.1) is 18.8 Å². The monoisotopic (exact) mass is 363 g/mol. The molecule has 0 saturated carbocycles. The van der Waals surface area contributed by atoms with Gasteiger partial charge in [-0.1, -0.05) is 39.7 Å². The quantitative estimate of drug-likeness (QED) is 0.357. The molecule has 0 unspecified atom stereocenters. The molecule has 26 heavy (non-hydrogen) atoms. The van der Waals surface area contributed by atoms with E-state index in [0.717, 1.165) is 18.4 Å². The number of hydrogen-bond acceptors (Lipinski definition) is 5. The van der Waals surface area contributed by atoms with E-state index in [1.165, 1.54) is 6.20 Å². The number of Topliss-reactive ketones (excluding diaryl/α,β-unsaturated/α-hetero) is 1. The van der Waals surface area contributed by atoms with Crippen molar-refractivity contribution in [3.05, 3.63) is 29.6 Å². The highest BCUT2D eigenvalue weighted by atomic mass is 16.5. The van der Waals surface area contributed by atoms with Crippen LogP contribution >= 0.6 is 0 Å². The van der Waals surface area contributed by atoms with E-state index in [0.29, 0.717) is 11.5 Å². The maximum Gasteiger partial charge on any atom is 0.270 e. The summed E-state index contributed by atoms with van der Waals surface area (Å²) in [6.45, 7) is 7.41. The van der Waals surface area contributed by atoms with Gasteiger partial charge in [-0.25, -0.2) is 5.06 Å². The van der Waals surface area contributed by atoms with E-state index in [-0.39, 0.29) is 30.3 Å². The number of ketones is 1. The topological polar surface area (TPSA) is 99.6 Å². The van der Waals surface area contributed by atoms with Crippen molar-refractivity contribution in [2.75, 3.05) is 6.54 Å². The van der Waals surface area contributed by atoms with Crippen molar-refractivity contribution in [2.45, 2.75) is 53.0 Å². The molecule has 1 rings (SSSR count). The first-order valence-corrected chi connectivity index (χ1v) is 8.98. The van der Waals surface area contributed by atoms with E-state index in [1.54, 1.807) is 19.1 Å². The molecule has 1 aromatic rings. The number of nitrogens with zero attached hydrogens (tertiary/aromatic N) is 2. The molecular weight excluding hydrogens is 334 g/mol. The lowest BCUT2D eigenvalue weighted by atomic mass is 9.87. The summed E-state index contributed by atoms with van der Waals surface area (Å²) in [6.07, 6.45) is 4.05. The molecule has 0 aliphatic carbocycles. The third-order valence-corrected chi connectivity index (χ3v) is 4.32. The second-order valence-electron chi connectivity index (χ2n) is 6.83. The molecule has 7 heteroatoms. The van der Waals surface area contributed by atoms with Gasteiger partial charge in [0.25, 0.3) is 5.91 Å². The number of rotatable bonds is 11. The highest BCUT2D eigenvalue weighted by Crippen LogP contribution is 2.17. The Kier molecular flexibility index (Phi) is 8.92. The normalized spacial score (nSPS) is 13.2. The third kappa shape index (κ3) is 6.22. The summed E-state index contributed by atoms with van der Waals surface area (Å²) in [5.74, 6) is -1.26. The number of aromatic nitrogens is 1. The largest absolute Gasteiger partial charge is 0.341 e. The highest BCUT2D eigenvalue weighted by molar-refractivity contribution is 5.98.